The number of halogens is 1. The quantitative estimate of drug-likeness (QED) is 0.546. The van der Waals surface area contributed by atoms with Gasteiger partial charge in [-0.15, -0.1) is 0 Å². The molecule has 1 aromatic heterocycles. The molecule has 1 atom stereocenters. The molecule has 0 spiro atoms. The second kappa shape index (κ2) is 7.38. The smallest absolute Gasteiger partial charge is 0.323 e. The highest BCUT2D eigenvalue weighted by Gasteiger charge is 2.45. The summed E-state index contributed by atoms with van der Waals surface area (Å²) < 4.78 is 21.9. The molecule has 1 aliphatic rings. The van der Waals surface area contributed by atoms with Crippen molar-refractivity contribution in [1.82, 2.24) is 9.78 Å². The van der Waals surface area contributed by atoms with E-state index < -0.39 is 13.6 Å². The van der Waals surface area contributed by atoms with Crippen molar-refractivity contribution in [2.24, 2.45) is 7.05 Å². The van der Waals surface area contributed by atoms with Crippen LogP contribution in [-0.2, 0) is 21.8 Å². The summed E-state index contributed by atoms with van der Waals surface area (Å²) in [5.41, 5.74) is 3.40. The van der Waals surface area contributed by atoms with Crippen LogP contribution >= 0.6 is 8.15 Å². The van der Waals surface area contributed by atoms with E-state index in [1.54, 1.807) is 13.0 Å². The first kappa shape index (κ1) is 19.8. The van der Waals surface area contributed by atoms with Crippen LogP contribution in [0.3, 0.4) is 0 Å². The monoisotopic (exact) mass is 410 g/mol. The van der Waals surface area contributed by atoms with Gasteiger partial charge in [-0.1, -0.05) is 30.3 Å². The fourth-order valence-corrected chi connectivity index (χ4v) is 4.66. The lowest BCUT2D eigenvalue weighted by molar-refractivity contribution is -0.138. The van der Waals surface area contributed by atoms with Crippen LogP contribution in [0.1, 0.15) is 29.5 Å². The van der Waals surface area contributed by atoms with Crippen molar-refractivity contribution in [1.29, 1.82) is 0 Å². The van der Waals surface area contributed by atoms with Gasteiger partial charge >= 0.3 is 5.97 Å². The zero-order valence-electron chi connectivity index (χ0n) is 17.1. The third-order valence-corrected chi connectivity index (χ3v) is 6.24. The van der Waals surface area contributed by atoms with E-state index in [0.717, 1.165) is 28.5 Å². The van der Waals surface area contributed by atoms with E-state index in [-0.39, 0.29) is 11.8 Å². The molecule has 1 heterocycles. The van der Waals surface area contributed by atoms with Crippen molar-refractivity contribution in [3.8, 4) is 0 Å². The van der Waals surface area contributed by atoms with Gasteiger partial charge in [0.05, 0.1) is 19.9 Å². The highest BCUT2D eigenvalue weighted by molar-refractivity contribution is 7.51. The zero-order valence-corrected chi connectivity index (χ0v) is 18.0. The van der Waals surface area contributed by atoms with E-state index in [4.69, 9.17) is 4.52 Å². The van der Waals surface area contributed by atoms with E-state index in [1.807, 2.05) is 49.5 Å². The molecule has 29 heavy (non-hydrogen) atoms. The maximum atomic E-state index is 14.4. The van der Waals surface area contributed by atoms with Crippen molar-refractivity contribution >= 4 is 30.6 Å². The summed E-state index contributed by atoms with van der Waals surface area (Å²) in [6.45, 7) is 5.53. The van der Waals surface area contributed by atoms with E-state index in [1.165, 1.54) is 6.07 Å². The molecule has 0 radical (unpaired) electrons. The minimum absolute atomic E-state index is 0.293. The Balaban J connectivity index is 1.85. The molecule has 0 saturated carbocycles. The van der Waals surface area contributed by atoms with Crippen molar-refractivity contribution in [3.63, 3.8) is 0 Å². The Morgan fingerprint density at radius 3 is 2.83 bits per heavy atom. The first-order chi connectivity index (χ1) is 13.8. The predicted octanol–water partition coefficient (Wildman–Crippen LogP) is 5.34. The third-order valence-electron chi connectivity index (χ3n) is 5.71. The van der Waals surface area contributed by atoms with Crippen molar-refractivity contribution in [2.45, 2.75) is 25.2 Å². The maximum Gasteiger partial charge on any atom is 0.323 e. The molecule has 3 aromatic rings. The van der Waals surface area contributed by atoms with Gasteiger partial charge in [-0.25, -0.2) is 4.39 Å². The molecule has 0 N–H and O–H groups in total. The lowest BCUT2D eigenvalue weighted by Gasteiger charge is -2.28. The summed E-state index contributed by atoms with van der Waals surface area (Å²) in [6.07, 6.45) is 5.12. The molecule has 0 unspecified atom stereocenters. The number of hydrogen-bond donors (Lipinski definition) is 0. The van der Waals surface area contributed by atoms with Gasteiger partial charge in [0.15, 0.2) is 0 Å². The average Bonchev–Trinajstić information content (AvgIpc) is 3.29. The Labute approximate surface area is 171 Å². The summed E-state index contributed by atoms with van der Waals surface area (Å²) in [5.74, 6) is -0.595. The maximum absolute atomic E-state index is 14.4. The molecule has 0 aliphatic heterocycles. The summed E-state index contributed by atoms with van der Waals surface area (Å²) in [6, 6.07) is 11.1. The van der Waals surface area contributed by atoms with Crippen molar-refractivity contribution in [2.75, 3.05) is 13.3 Å². The zero-order chi connectivity index (χ0) is 20.8. The van der Waals surface area contributed by atoms with Crippen LogP contribution in [0, 0.1) is 12.7 Å². The van der Waals surface area contributed by atoms with Crippen molar-refractivity contribution in [3.05, 3.63) is 71.2 Å². The molecule has 0 fully saturated rings. The van der Waals surface area contributed by atoms with Gasteiger partial charge in [-0.05, 0) is 67.5 Å². The van der Waals surface area contributed by atoms with Gasteiger partial charge < -0.3 is 4.52 Å². The van der Waals surface area contributed by atoms with Crippen LogP contribution in [0.15, 0.2) is 48.7 Å². The van der Waals surface area contributed by atoms with Crippen LogP contribution in [0.25, 0.3) is 16.5 Å². The van der Waals surface area contributed by atoms with Crippen LogP contribution in [0.2, 0.25) is 0 Å². The number of carbonyl (C=O) groups excluding carboxylic acids is 1. The second-order valence-corrected chi connectivity index (χ2v) is 9.59. The number of aryl methyl sites for hydroxylation is 1. The first-order valence-corrected chi connectivity index (χ1v) is 11.8. The van der Waals surface area contributed by atoms with Gasteiger partial charge in [0, 0.05) is 12.4 Å². The predicted molar refractivity (Wildman–Crippen MR) is 116 cm³/mol. The highest BCUT2D eigenvalue weighted by atomic mass is 31.1. The molecule has 0 amide bonds. The molecule has 4 rings (SSSR count). The highest BCUT2D eigenvalue weighted by Crippen LogP contribution is 2.47. The third kappa shape index (κ3) is 3.38. The molecule has 0 saturated heterocycles. The Bertz CT molecular complexity index is 1140. The molecule has 150 valence electrons. The number of rotatable bonds is 4. The largest absolute Gasteiger partial charge is 0.445 e. The molecular formula is C23H24FN2O2P. The number of allylic oxidation sites excluding steroid dienone is 1. The summed E-state index contributed by atoms with van der Waals surface area (Å²) in [7, 11) is 1.04. The van der Waals surface area contributed by atoms with Gasteiger partial charge in [-0.2, -0.15) is 5.10 Å². The Morgan fingerprint density at radius 1 is 1.28 bits per heavy atom. The van der Waals surface area contributed by atoms with E-state index >= 15 is 0 Å². The van der Waals surface area contributed by atoms with Crippen molar-refractivity contribution < 1.29 is 13.7 Å². The molecule has 0 bridgehead atoms. The number of carbonyl (C=O) groups is 1. The molecule has 1 aliphatic carbocycles. The number of hydrogen-bond acceptors (Lipinski definition) is 3. The van der Waals surface area contributed by atoms with Gasteiger partial charge in [0.2, 0.25) is 0 Å². The molecule has 2 aromatic carbocycles. The summed E-state index contributed by atoms with van der Waals surface area (Å²) >= 11 is 0. The van der Waals surface area contributed by atoms with Crippen LogP contribution < -0.4 is 0 Å². The number of nitrogens with zero attached hydrogens (tertiary/aromatic N) is 2. The Hall–Kier alpha value is -2.52. The van der Waals surface area contributed by atoms with Crippen LogP contribution in [-0.4, -0.2) is 29.1 Å². The normalized spacial score (nSPS) is 19.0. The lowest BCUT2D eigenvalue weighted by atomic mass is 9.78. The Kier molecular flexibility index (Phi) is 5.04. The number of benzene rings is 2. The molecular weight excluding hydrogens is 386 g/mol. The molecule has 6 heteroatoms. The summed E-state index contributed by atoms with van der Waals surface area (Å²) in [4.78, 5) is 13.3. The molecule has 4 nitrogen and oxygen atoms in total. The van der Waals surface area contributed by atoms with Gasteiger partial charge in [-0.3, -0.25) is 9.48 Å². The van der Waals surface area contributed by atoms with Gasteiger partial charge in [0.25, 0.3) is 0 Å². The minimum Gasteiger partial charge on any atom is -0.445 e. The fourth-order valence-electron chi connectivity index (χ4n) is 4.17. The second-order valence-electron chi connectivity index (χ2n) is 7.79. The van der Waals surface area contributed by atoms with Gasteiger partial charge in [0.1, 0.15) is 11.2 Å². The van der Waals surface area contributed by atoms with Crippen LogP contribution in [0.5, 0.6) is 0 Å². The first-order valence-electron chi connectivity index (χ1n) is 9.61. The standard InChI is InChI=1S/C23H24FN2O2P/c1-15-19(6-5-7-20(15)24)23(22(27)28-29(3)4)11-10-17(13-23)16-8-9-18-14-25-26(2)21(18)12-16/h5-9,12-14H,10-11H2,1-4H3/t23-/m0/s1. The van der Waals surface area contributed by atoms with Crippen LogP contribution in [0.4, 0.5) is 4.39 Å². The lowest BCUT2D eigenvalue weighted by Crippen LogP contribution is -2.34. The average molecular weight is 410 g/mol. The number of fused-ring (bicyclic) bond motifs is 1. The SMILES string of the molecule is Cc1c(F)cccc1[C@@]1(C(=O)OP(C)C)C=C(c2ccc3cnn(C)c3c2)CC1. The van der Waals surface area contributed by atoms with E-state index in [9.17, 15) is 9.18 Å². The summed E-state index contributed by atoms with van der Waals surface area (Å²) in [5, 5.41) is 5.38. The topological polar surface area (TPSA) is 44.1 Å². The fraction of sp³-hybridized carbons (Fsp3) is 0.304. The van der Waals surface area contributed by atoms with E-state index in [0.29, 0.717) is 17.5 Å². The Morgan fingerprint density at radius 2 is 2.07 bits per heavy atom. The van der Waals surface area contributed by atoms with E-state index in [2.05, 4.69) is 17.2 Å². The minimum atomic E-state index is -0.963. The number of aromatic nitrogens is 2.